The summed E-state index contributed by atoms with van der Waals surface area (Å²) in [5, 5.41) is 0. The van der Waals surface area contributed by atoms with Crippen LogP contribution in [0.5, 0.6) is 0 Å². The van der Waals surface area contributed by atoms with Crippen molar-refractivity contribution in [3.05, 3.63) is 35.9 Å². The predicted octanol–water partition coefficient (Wildman–Crippen LogP) is 1.26. The molecule has 12 heavy (non-hydrogen) atoms. The Morgan fingerprint density at radius 2 is 1.50 bits per heavy atom. The van der Waals surface area contributed by atoms with Gasteiger partial charge in [0.1, 0.15) is 0 Å². The molecule has 0 heterocycles. The molecule has 0 aliphatic rings. The van der Waals surface area contributed by atoms with E-state index in [0.29, 0.717) is 5.56 Å². The van der Waals surface area contributed by atoms with Crippen molar-refractivity contribution in [2.24, 2.45) is 0 Å². The van der Waals surface area contributed by atoms with Gasteiger partial charge in [-0.15, -0.1) is 12.1 Å². The molecule has 2 nitrogen and oxygen atoms in total. The van der Waals surface area contributed by atoms with E-state index in [1.165, 1.54) is 13.2 Å². The molecule has 0 amide bonds. The number of hydrogen-bond donors (Lipinski definition) is 0. The minimum absolute atomic E-state index is 0. The normalized spacial score (nSPS) is 6.75. The summed E-state index contributed by atoms with van der Waals surface area (Å²) in [6.45, 7) is 1.32. The molecule has 1 rings (SSSR count). The number of benzene rings is 1. The first-order valence-corrected chi connectivity index (χ1v) is 3.07. The Morgan fingerprint density at radius 1 is 1.08 bits per heavy atom. The van der Waals surface area contributed by atoms with Crippen LogP contribution in [0.2, 0.25) is 0 Å². The molecular weight excluding hydrogens is 199 g/mol. The molecule has 0 spiro atoms. The third-order valence-corrected chi connectivity index (χ3v) is 0.892. The molecule has 0 atom stereocenters. The molecule has 0 aliphatic carbocycles. The second-order valence-corrected chi connectivity index (χ2v) is 1.67. The third kappa shape index (κ3) is 7.18. The van der Waals surface area contributed by atoms with Crippen molar-refractivity contribution in [3.63, 3.8) is 0 Å². The van der Waals surface area contributed by atoms with Crippen LogP contribution in [-0.2, 0) is 26.4 Å². The largest absolute Gasteiger partial charge is 2.00 e. The Hall–Kier alpha value is -0.934. The maximum absolute atomic E-state index is 9.88. The van der Waals surface area contributed by atoms with Gasteiger partial charge in [0.05, 0.1) is 6.29 Å². The third-order valence-electron chi connectivity index (χ3n) is 0.892. The van der Waals surface area contributed by atoms with Crippen LogP contribution in [0.4, 0.5) is 0 Å². The van der Waals surface area contributed by atoms with Crippen LogP contribution >= 0.6 is 0 Å². The maximum atomic E-state index is 9.88. The second-order valence-electron chi connectivity index (χ2n) is 1.67. The summed E-state index contributed by atoms with van der Waals surface area (Å²) in [7, 11) is 0. The van der Waals surface area contributed by atoms with E-state index < -0.39 is 0 Å². The van der Waals surface area contributed by atoms with Crippen LogP contribution in [0.15, 0.2) is 30.3 Å². The molecule has 1 radical (unpaired) electrons. The van der Waals surface area contributed by atoms with E-state index in [0.717, 1.165) is 0 Å². The van der Waals surface area contributed by atoms with Gasteiger partial charge in [0.2, 0.25) is 0 Å². The van der Waals surface area contributed by atoms with Crippen molar-refractivity contribution in [2.75, 3.05) is 0 Å². The van der Waals surface area contributed by atoms with E-state index in [1.54, 1.807) is 30.6 Å². The fraction of sp³-hybridized carbons (Fsp3) is 0.111. The van der Waals surface area contributed by atoms with Gasteiger partial charge in [-0.25, -0.2) is 0 Å². The van der Waals surface area contributed by atoms with E-state index >= 15 is 0 Å². The van der Waals surface area contributed by atoms with Crippen molar-refractivity contribution in [3.8, 4) is 0 Å². The topological polar surface area (TPSA) is 34.1 Å². The summed E-state index contributed by atoms with van der Waals surface area (Å²) in [6, 6.07) is 8.90. The minimum Gasteiger partial charge on any atom is -0.542 e. The molecule has 0 fully saturated rings. The zero-order valence-corrected chi connectivity index (χ0v) is 7.58. The zero-order chi connectivity index (χ0) is 8.53. The summed E-state index contributed by atoms with van der Waals surface area (Å²) in [5.41, 5.74) is 0.604. The Balaban J connectivity index is 0. The van der Waals surface area contributed by atoms with Crippen molar-refractivity contribution in [2.45, 2.75) is 6.92 Å². The molecule has 65 valence electrons. The van der Waals surface area contributed by atoms with Gasteiger partial charge in [0, 0.05) is 0 Å². The Labute approximate surface area is 82.2 Å². The summed E-state index contributed by atoms with van der Waals surface area (Å²) in [4.78, 5) is 18.6. The van der Waals surface area contributed by atoms with E-state index in [9.17, 15) is 4.79 Å². The van der Waals surface area contributed by atoms with E-state index in [-0.39, 0.29) is 16.8 Å². The maximum Gasteiger partial charge on any atom is 2.00 e. The summed E-state index contributed by atoms with van der Waals surface area (Å²) in [5.74, 6) is 0. The first-order chi connectivity index (χ1) is 5.35. The van der Waals surface area contributed by atoms with E-state index in [1.807, 2.05) is 6.07 Å². The molecule has 3 heteroatoms. The Morgan fingerprint density at radius 3 is 1.75 bits per heavy atom. The van der Waals surface area contributed by atoms with Crippen molar-refractivity contribution in [1.82, 2.24) is 0 Å². The quantitative estimate of drug-likeness (QED) is 0.649. The van der Waals surface area contributed by atoms with E-state index in [2.05, 4.69) is 0 Å². The van der Waals surface area contributed by atoms with Crippen LogP contribution in [0, 0.1) is 0 Å². The number of carbonyl (C=O) groups excluding carboxylic acids is 2. The van der Waals surface area contributed by atoms with Crippen molar-refractivity contribution < 1.29 is 26.4 Å². The summed E-state index contributed by atoms with van der Waals surface area (Å²) < 4.78 is 0. The Bertz CT molecular complexity index is 209. The first kappa shape index (κ1) is 13.6. The van der Waals surface area contributed by atoms with Crippen molar-refractivity contribution in [1.29, 1.82) is 0 Å². The SMILES string of the molecule is C[C-]=O.O=[C-]c1ccccc1.[Co+2]. The summed E-state index contributed by atoms with van der Waals surface area (Å²) in [6.07, 6.45) is 3.28. The first-order valence-electron chi connectivity index (χ1n) is 3.07. The molecule has 1 aromatic rings. The molecule has 0 saturated carbocycles. The monoisotopic (exact) mass is 207 g/mol. The fourth-order valence-corrected chi connectivity index (χ4v) is 0.506. The minimum atomic E-state index is 0. The van der Waals surface area contributed by atoms with Crippen molar-refractivity contribution >= 4 is 12.6 Å². The van der Waals surface area contributed by atoms with Crippen LogP contribution < -0.4 is 0 Å². The van der Waals surface area contributed by atoms with Crippen LogP contribution in [0.1, 0.15) is 12.5 Å². The molecule has 0 aromatic heterocycles. The second kappa shape index (κ2) is 10.1. The average molecular weight is 207 g/mol. The summed E-state index contributed by atoms with van der Waals surface area (Å²) >= 11 is 0. The van der Waals surface area contributed by atoms with E-state index in [4.69, 9.17) is 4.79 Å². The van der Waals surface area contributed by atoms with Gasteiger partial charge in [-0.1, -0.05) is 6.07 Å². The zero-order valence-electron chi connectivity index (χ0n) is 6.54. The van der Waals surface area contributed by atoms with Gasteiger partial charge in [0.15, 0.2) is 0 Å². The average Bonchev–Trinajstić information content (AvgIpc) is 2.08. The van der Waals surface area contributed by atoms with Gasteiger partial charge < -0.3 is 9.59 Å². The number of hydrogen-bond acceptors (Lipinski definition) is 2. The van der Waals surface area contributed by atoms with Gasteiger partial charge in [-0.2, -0.15) is 24.6 Å². The fourth-order valence-electron chi connectivity index (χ4n) is 0.506. The molecule has 0 N–H and O–H groups in total. The smallest absolute Gasteiger partial charge is 0.542 e. The predicted molar refractivity (Wildman–Crippen MR) is 42.6 cm³/mol. The molecule has 0 bridgehead atoms. The molecule has 0 aliphatic heterocycles. The molecule has 0 saturated heterocycles. The Kier molecular flexibility index (Phi) is 11.4. The van der Waals surface area contributed by atoms with Crippen LogP contribution in [0.3, 0.4) is 0 Å². The van der Waals surface area contributed by atoms with Gasteiger partial charge in [-0.05, 0) is 0 Å². The van der Waals surface area contributed by atoms with Gasteiger partial charge in [-0.3, -0.25) is 6.29 Å². The standard InChI is InChI=1S/C7H5O.C2H3O.Co/c8-6-7-4-2-1-3-5-7;1-2-3;/h1-5H;1H3;/q2*-1;+2. The molecular formula is C9H8CoO2. The molecule has 1 aromatic carbocycles. The number of rotatable bonds is 1. The van der Waals surface area contributed by atoms with Gasteiger partial charge in [0.25, 0.3) is 0 Å². The van der Waals surface area contributed by atoms with Crippen LogP contribution in [0.25, 0.3) is 0 Å². The molecule has 0 unspecified atom stereocenters. The van der Waals surface area contributed by atoms with Gasteiger partial charge >= 0.3 is 16.8 Å². The van der Waals surface area contributed by atoms with Crippen LogP contribution in [-0.4, -0.2) is 12.6 Å².